The summed E-state index contributed by atoms with van der Waals surface area (Å²) in [5.41, 5.74) is 1.85. The highest BCUT2D eigenvalue weighted by Gasteiger charge is 2.16. The van der Waals surface area contributed by atoms with Crippen molar-refractivity contribution in [3.05, 3.63) is 56.8 Å². The van der Waals surface area contributed by atoms with Crippen LogP contribution in [0.2, 0.25) is 0 Å². The second kappa shape index (κ2) is 6.79. The van der Waals surface area contributed by atoms with Gasteiger partial charge in [0.25, 0.3) is 11.6 Å². The van der Waals surface area contributed by atoms with E-state index in [4.69, 9.17) is 9.68 Å². The fraction of sp³-hybridized carbons (Fsp3) is 0.176. The number of nitrogens with one attached hydrogen (secondary N) is 1. The molecular formula is C17H15N3O4. The summed E-state index contributed by atoms with van der Waals surface area (Å²) in [6, 6.07) is 8.26. The van der Waals surface area contributed by atoms with Crippen LogP contribution in [-0.2, 0) is 4.79 Å². The minimum atomic E-state index is -0.516. The molecule has 7 heteroatoms. The normalized spacial score (nSPS) is 11.0. The maximum absolute atomic E-state index is 11.5. The molecular weight excluding hydrogens is 310 g/mol. The first-order valence-corrected chi connectivity index (χ1v) is 7.07. The zero-order chi connectivity index (χ0) is 17.9. The highest BCUT2D eigenvalue weighted by Crippen LogP contribution is 2.31. The third kappa shape index (κ3) is 3.33. The van der Waals surface area contributed by atoms with Crippen LogP contribution in [0.1, 0.15) is 16.9 Å². The van der Waals surface area contributed by atoms with Crippen LogP contribution in [-0.4, -0.2) is 17.9 Å². The van der Waals surface area contributed by atoms with Gasteiger partial charge in [0.05, 0.1) is 4.92 Å². The third-order valence-corrected chi connectivity index (χ3v) is 3.63. The largest absolute Gasteiger partial charge is 0.457 e. The summed E-state index contributed by atoms with van der Waals surface area (Å²) in [7, 11) is 1.43. The molecule has 0 aliphatic rings. The van der Waals surface area contributed by atoms with Crippen molar-refractivity contribution >= 4 is 17.7 Å². The number of hydrogen-bond donors (Lipinski definition) is 1. The fourth-order valence-electron chi connectivity index (χ4n) is 2.18. The Kier molecular flexibility index (Phi) is 4.80. The van der Waals surface area contributed by atoms with E-state index in [1.54, 1.807) is 38.1 Å². The number of nitriles is 1. The molecule has 0 saturated carbocycles. The number of furan rings is 1. The lowest BCUT2D eigenvalue weighted by Crippen LogP contribution is -2.18. The summed E-state index contributed by atoms with van der Waals surface area (Å²) in [6.07, 6.45) is 1.32. The van der Waals surface area contributed by atoms with Crippen LogP contribution in [0.5, 0.6) is 0 Å². The average Bonchev–Trinajstić information content (AvgIpc) is 3.02. The van der Waals surface area contributed by atoms with Crippen LogP contribution in [0.4, 0.5) is 5.69 Å². The average molecular weight is 325 g/mol. The van der Waals surface area contributed by atoms with Gasteiger partial charge in [0.15, 0.2) is 0 Å². The van der Waals surface area contributed by atoms with Gasteiger partial charge in [-0.1, -0.05) is 0 Å². The summed E-state index contributed by atoms with van der Waals surface area (Å²) >= 11 is 0. The summed E-state index contributed by atoms with van der Waals surface area (Å²) in [5, 5.41) is 22.5. The number of nitro benzene ring substituents is 1. The van der Waals surface area contributed by atoms with Crippen molar-refractivity contribution in [3.63, 3.8) is 0 Å². The number of carbonyl (C=O) groups excluding carboxylic acids is 1. The van der Waals surface area contributed by atoms with Crippen LogP contribution in [0.25, 0.3) is 17.4 Å². The van der Waals surface area contributed by atoms with E-state index >= 15 is 0 Å². The van der Waals surface area contributed by atoms with E-state index in [9.17, 15) is 14.9 Å². The molecule has 24 heavy (non-hydrogen) atoms. The Morgan fingerprint density at radius 3 is 2.67 bits per heavy atom. The number of likely N-dealkylation sites (N-methyl/N-ethyl adjacent to an activating group) is 1. The van der Waals surface area contributed by atoms with Gasteiger partial charge < -0.3 is 9.73 Å². The van der Waals surface area contributed by atoms with Gasteiger partial charge >= 0.3 is 0 Å². The molecule has 1 aromatic carbocycles. The molecule has 2 aromatic rings. The number of carbonyl (C=O) groups is 1. The van der Waals surface area contributed by atoms with E-state index in [0.29, 0.717) is 22.6 Å². The Bertz CT molecular complexity index is 888. The van der Waals surface area contributed by atoms with Gasteiger partial charge in [-0.2, -0.15) is 5.26 Å². The number of nitro groups is 1. The summed E-state index contributed by atoms with van der Waals surface area (Å²) in [4.78, 5) is 22.2. The van der Waals surface area contributed by atoms with Crippen LogP contribution < -0.4 is 5.32 Å². The summed E-state index contributed by atoms with van der Waals surface area (Å²) < 4.78 is 5.60. The molecule has 0 spiro atoms. The first-order chi connectivity index (χ1) is 11.4. The van der Waals surface area contributed by atoms with E-state index in [2.05, 4.69) is 5.32 Å². The number of hydrogen-bond acceptors (Lipinski definition) is 5. The maximum atomic E-state index is 11.5. The van der Waals surface area contributed by atoms with Gasteiger partial charge in [0, 0.05) is 30.3 Å². The summed E-state index contributed by atoms with van der Waals surface area (Å²) in [5.74, 6) is 0.213. The zero-order valence-electron chi connectivity index (χ0n) is 13.4. The SMILES string of the molecule is CNC(=O)C(C#N)=Cc1ccc(-c2cc(C)c(C)c([N+](=O)[O-])c2)o1. The minimum absolute atomic E-state index is 0.0153. The van der Waals surface area contributed by atoms with E-state index in [0.717, 1.165) is 5.56 Å². The highest BCUT2D eigenvalue weighted by atomic mass is 16.6. The molecule has 0 saturated heterocycles. The molecule has 0 unspecified atom stereocenters. The molecule has 1 amide bonds. The van der Waals surface area contributed by atoms with Crippen LogP contribution >= 0.6 is 0 Å². The molecule has 0 fully saturated rings. The van der Waals surface area contributed by atoms with Crippen LogP contribution in [0.15, 0.2) is 34.3 Å². The van der Waals surface area contributed by atoms with Crippen molar-refractivity contribution in [1.29, 1.82) is 5.26 Å². The molecule has 0 aliphatic carbocycles. The molecule has 0 radical (unpaired) electrons. The topological polar surface area (TPSA) is 109 Å². The van der Waals surface area contributed by atoms with E-state index < -0.39 is 10.8 Å². The second-order valence-corrected chi connectivity index (χ2v) is 5.15. The third-order valence-electron chi connectivity index (χ3n) is 3.63. The van der Waals surface area contributed by atoms with Crippen molar-refractivity contribution in [1.82, 2.24) is 5.32 Å². The first kappa shape index (κ1) is 17.0. The highest BCUT2D eigenvalue weighted by molar-refractivity contribution is 6.01. The molecule has 0 bridgehead atoms. The Labute approximate surface area is 138 Å². The number of benzene rings is 1. The van der Waals surface area contributed by atoms with Crippen molar-refractivity contribution in [2.75, 3.05) is 7.05 Å². The summed E-state index contributed by atoms with van der Waals surface area (Å²) in [6.45, 7) is 3.48. The van der Waals surface area contributed by atoms with Crippen molar-refractivity contribution in [2.24, 2.45) is 0 Å². The Morgan fingerprint density at radius 1 is 1.38 bits per heavy atom. The molecule has 0 aliphatic heterocycles. The number of nitrogens with zero attached hydrogens (tertiary/aromatic N) is 2. The van der Waals surface area contributed by atoms with Gasteiger partial charge in [-0.15, -0.1) is 0 Å². The van der Waals surface area contributed by atoms with Gasteiger partial charge in [-0.25, -0.2) is 0 Å². The van der Waals surface area contributed by atoms with Crippen molar-refractivity contribution in [3.8, 4) is 17.4 Å². The van der Waals surface area contributed by atoms with E-state index in [1.165, 1.54) is 19.2 Å². The Hall–Kier alpha value is -3.40. The molecule has 2 rings (SSSR count). The first-order valence-electron chi connectivity index (χ1n) is 7.07. The number of aryl methyl sites for hydroxylation is 1. The standard InChI is InChI=1S/C17H15N3O4/c1-10-6-12(8-15(11(10)2)20(22)23)16-5-4-14(24-16)7-13(9-18)17(21)19-3/h4-8H,1-3H3,(H,19,21). The van der Waals surface area contributed by atoms with Crippen LogP contribution in [0.3, 0.4) is 0 Å². The molecule has 1 N–H and O–H groups in total. The maximum Gasteiger partial charge on any atom is 0.273 e. The van der Waals surface area contributed by atoms with Gasteiger partial charge in [-0.3, -0.25) is 14.9 Å². The Balaban J connectivity index is 2.45. The lowest BCUT2D eigenvalue weighted by molar-refractivity contribution is -0.385. The van der Waals surface area contributed by atoms with Crippen LogP contribution in [0, 0.1) is 35.3 Å². The number of amides is 1. The molecule has 1 heterocycles. The quantitative estimate of drug-likeness (QED) is 0.402. The second-order valence-electron chi connectivity index (χ2n) is 5.15. The van der Waals surface area contributed by atoms with Gasteiger partial charge in [0.2, 0.25) is 0 Å². The van der Waals surface area contributed by atoms with E-state index in [1.807, 2.05) is 0 Å². The molecule has 1 aromatic heterocycles. The van der Waals surface area contributed by atoms with Gasteiger partial charge in [0.1, 0.15) is 23.2 Å². The predicted octanol–water partition coefficient (Wildman–Crippen LogP) is 3.12. The monoisotopic (exact) mass is 325 g/mol. The van der Waals surface area contributed by atoms with Gasteiger partial charge in [-0.05, 0) is 37.6 Å². The smallest absolute Gasteiger partial charge is 0.273 e. The molecule has 122 valence electrons. The molecule has 7 nitrogen and oxygen atoms in total. The molecule has 0 atom stereocenters. The van der Waals surface area contributed by atoms with Crippen molar-refractivity contribution in [2.45, 2.75) is 13.8 Å². The Morgan fingerprint density at radius 2 is 2.08 bits per heavy atom. The predicted molar refractivity (Wildman–Crippen MR) is 87.9 cm³/mol. The zero-order valence-corrected chi connectivity index (χ0v) is 13.4. The lowest BCUT2D eigenvalue weighted by Gasteiger charge is -2.04. The lowest BCUT2D eigenvalue weighted by atomic mass is 10.0. The number of rotatable bonds is 4. The van der Waals surface area contributed by atoms with E-state index in [-0.39, 0.29) is 11.3 Å². The fourth-order valence-corrected chi connectivity index (χ4v) is 2.18. The minimum Gasteiger partial charge on any atom is -0.457 e. The van der Waals surface area contributed by atoms with Crippen molar-refractivity contribution < 1.29 is 14.1 Å².